The first-order valence-electron chi connectivity index (χ1n) is 5.20. The fourth-order valence-electron chi connectivity index (χ4n) is 1.45. The van der Waals surface area contributed by atoms with Crippen molar-refractivity contribution in [3.05, 3.63) is 65.5 Å². The molecule has 0 unspecified atom stereocenters. The molecule has 0 radical (unpaired) electrons. The van der Waals surface area contributed by atoms with Crippen molar-refractivity contribution in [3.63, 3.8) is 0 Å². The highest BCUT2D eigenvalue weighted by Crippen LogP contribution is 2.13. The summed E-state index contributed by atoms with van der Waals surface area (Å²) in [6, 6.07) is 13.0. The number of aldehydes is 1. The van der Waals surface area contributed by atoms with Crippen LogP contribution < -0.4 is 4.74 Å². The highest BCUT2D eigenvalue weighted by molar-refractivity contribution is 5.74. The van der Waals surface area contributed by atoms with Crippen LogP contribution in [0.15, 0.2) is 48.5 Å². The van der Waals surface area contributed by atoms with E-state index in [4.69, 9.17) is 4.74 Å². The normalized spacial score (nSPS) is 9.94. The summed E-state index contributed by atoms with van der Waals surface area (Å²) in [6.07, 6.45) is 0.793. The van der Waals surface area contributed by atoms with Crippen LogP contribution in [0.25, 0.3) is 0 Å². The van der Waals surface area contributed by atoms with Gasteiger partial charge in [-0.05, 0) is 35.9 Å². The standard InChI is InChI=1S/C14H11FO2/c15-13-4-6-14(7-5-13)17-10-12-3-1-2-11(8-12)9-16/h1-9H,10H2. The number of rotatable bonds is 4. The molecule has 17 heavy (non-hydrogen) atoms. The average Bonchev–Trinajstić information content (AvgIpc) is 2.38. The Kier molecular flexibility index (Phi) is 3.50. The molecule has 0 saturated carbocycles. The van der Waals surface area contributed by atoms with E-state index >= 15 is 0 Å². The van der Waals surface area contributed by atoms with Crippen LogP contribution in [-0.4, -0.2) is 6.29 Å². The zero-order chi connectivity index (χ0) is 12.1. The number of carbonyl (C=O) groups excluding carboxylic acids is 1. The maximum absolute atomic E-state index is 12.7. The Morgan fingerprint density at radius 2 is 1.88 bits per heavy atom. The van der Waals surface area contributed by atoms with E-state index in [1.54, 1.807) is 30.3 Å². The van der Waals surface area contributed by atoms with Gasteiger partial charge in [0.1, 0.15) is 24.5 Å². The second-order valence-corrected chi connectivity index (χ2v) is 3.61. The van der Waals surface area contributed by atoms with Gasteiger partial charge in [-0.1, -0.05) is 18.2 Å². The minimum atomic E-state index is -0.291. The molecule has 0 aliphatic rings. The van der Waals surface area contributed by atoms with Crippen molar-refractivity contribution in [1.29, 1.82) is 0 Å². The molecule has 2 nitrogen and oxygen atoms in total. The van der Waals surface area contributed by atoms with Crippen molar-refractivity contribution in [1.82, 2.24) is 0 Å². The molecule has 0 heterocycles. The zero-order valence-electron chi connectivity index (χ0n) is 9.10. The lowest BCUT2D eigenvalue weighted by Crippen LogP contribution is -1.96. The van der Waals surface area contributed by atoms with Crippen LogP contribution >= 0.6 is 0 Å². The second-order valence-electron chi connectivity index (χ2n) is 3.61. The third-order valence-electron chi connectivity index (χ3n) is 2.31. The maximum atomic E-state index is 12.7. The lowest BCUT2D eigenvalue weighted by atomic mass is 10.1. The van der Waals surface area contributed by atoms with Crippen LogP contribution in [0.4, 0.5) is 4.39 Å². The summed E-state index contributed by atoms with van der Waals surface area (Å²) in [7, 11) is 0. The van der Waals surface area contributed by atoms with E-state index < -0.39 is 0 Å². The third kappa shape index (κ3) is 3.14. The van der Waals surface area contributed by atoms with E-state index in [1.807, 2.05) is 6.07 Å². The molecule has 0 N–H and O–H groups in total. The Balaban J connectivity index is 2.01. The molecule has 0 aliphatic carbocycles. The van der Waals surface area contributed by atoms with Crippen LogP contribution in [0.2, 0.25) is 0 Å². The molecule has 2 rings (SSSR count). The van der Waals surface area contributed by atoms with Gasteiger partial charge in [0.2, 0.25) is 0 Å². The maximum Gasteiger partial charge on any atom is 0.150 e. The van der Waals surface area contributed by atoms with Crippen molar-refractivity contribution >= 4 is 6.29 Å². The Labute approximate surface area is 98.7 Å². The molecule has 0 bridgehead atoms. The average molecular weight is 230 g/mol. The Morgan fingerprint density at radius 3 is 2.59 bits per heavy atom. The van der Waals surface area contributed by atoms with Gasteiger partial charge in [-0.15, -0.1) is 0 Å². The molecule has 0 fully saturated rings. The molecular weight excluding hydrogens is 219 g/mol. The van der Waals surface area contributed by atoms with Gasteiger partial charge in [0, 0.05) is 5.56 Å². The van der Waals surface area contributed by atoms with Gasteiger partial charge < -0.3 is 4.74 Å². The zero-order valence-corrected chi connectivity index (χ0v) is 9.10. The second kappa shape index (κ2) is 5.25. The predicted molar refractivity (Wildman–Crippen MR) is 62.6 cm³/mol. The van der Waals surface area contributed by atoms with Gasteiger partial charge in [0.05, 0.1) is 0 Å². The van der Waals surface area contributed by atoms with Gasteiger partial charge in [0.25, 0.3) is 0 Å². The topological polar surface area (TPSA) is 26.3 Å². The molecular formula is C14H11FO2. The van der Waals surface area contributed by atoms with E-state index in [0.29, 0.717) is 17.9 Å². The third-order valence-corrected chi connectivity index (χ3v) is 2.31. The van der Waals surface area contributed by atoms with E-state index in [0.717, 1.165) is 11.8 Å². The smallest absolute Gasteiger partial charge is 0.150 e. The van der Waals surface area contributed by atoms with Gasteiger partial charge in [-0.25, -0.2) is 4.39 Å². The first-order chi connectivity index (χ1) is 8.28. The van der Waals surface area contributed by atoms with Gasteiger partial charge >= 0.3 is 0 Å². The summed E-state index contributed by atoms with van der Waals surface area (Å²) >= 11 is 0. The van der Waals surface area contributed by atoms with Crippen LogP contribution in [0.5, 0.6) is 5.75 Å². The van der Waals surface area contributed by atoms with Crippen LogP contribution in [0.1, 0.15) is 15.9 Å². The molecule has 2 aromatic carbocycles. The summed E-state index contributed by atoms with van der Waals surface area (Å²) in [5, 5.41) is 0. The van der Waals surface area contributed by atoms with E-state index in [9.17, 15) is 9.18 Å². The first kappa shape index (κ1) is 11.3. The van der Waals surface area contributed by atoms with Crippen molar-refractivity contribution in [3.8, 4) is 5.75 Å². The monoisotopic (exact) mass is 230 g/mol. The summed E-state index contributed by atoms with van der Waals surface area (Å²) in [6.45, 7) is 0.354. The Hall–Kier alpha value is -2.16. The molecule has 0 saturated heterocycles. The van der Waals surface area contributed by atoms with Crippen molar-refractivity contribution in [2.45, 2.75) is 6.61 Å². The fourth-order valence-corrected chi connectivity index (χ4v) is 1.45. The largest absolute Gasteiger partial charge is 0.489 e. The highest BCUT2D eigenvalue weighted by atomic mass is 19.1. The SMILES string of the molecule is O=Cc1cccc(COc2ccc(F)cc2)c1. The molecule has 0 atom stereocenters. The number of hydrogen-bond acceptors (Lipinski definition) is 2. The minimum absolute atomic E-state index is 0.291. The fraction of sp³-hybridized carbons (Fsp3) is 0.0714. The molecule has 3 heteroatoms. The minimum Gasteiger partial charge on any atom is -0.489 e. The molecule has 86 valence electrons. The van der Waals surface area contributed by atoms with E-state index in [2.05, 4.69) is 0 Å². The molecule has 2 aromatic rings. The summed E-state index contributed by atoms with van der Waals surface area (Å²) < 4.78 is 18.1. The number of halogens is 1. The highest BCUT2D eigenvalue weighted by Gasteiger charge is 1.98. The number of hydrogen-bond donors (Lipinski definition) is 0. The predicted octanol–water partition coefficient (Wildman–Crippen LogP) is 3.22. The molecule has 0 spiro atoms. The van der Waals surface area contributed by atoms with Crippen molar-refractivity contribution in [2.24, 2.45) is 0 Å². The Morgan fingerprint density at radius 1 is 1.12 bits per heavy atom. The van der Waals surface area contributed by atoms with Crippen molar-refractivity contribution in [2.75, 3.05) is 0 Å². The Bertz CT molecular complexity index is 506. The van der Waals surface area contributed by atoms with Crippen LogP contribution in [0.3, 0.4) is 0 Å². The molecule has 0 aliphatic heterocycles. The van der Waals surface area contributed by atoms with Gasteiger partial charge in [-0.2, -0.15) is 0 Å². The molecule has 0 amide bonds. The number of ether oxygens (including phenoxy) is 1. The van der Waals surface area contributed by atoms with Crippen molar-refractivity contribution < 1.29 is 13.9 Å². The van der Waals surface area contributed by atoms with E-state index in [1.165, 1.54) is 12.1 Å². The van der Waals surface area contributed by atoms with Gasteiger partial charge in [0.15, 0.2) is 0 Å². The van der Waals surface area contributed by atoms with Crippen LogP contribution in [0, 0.1) is 5.82 Å². The summed E-state index contributed by atoms with van der Waals surface area (Å²) in [5.41, 5.74) is 1.52. The lowest BCUT2D eigenvalue weighted by Gasteiger charge is -2.06. The quantitative estimate of drug-likeness (QED) is 0.754. The van der Waals surface area contributed by atoms with Gasteiger partial charge in [-0.3, -0.25) is 4.79 Å². The molecule has 0 aromatic heterocycles. The number of benzene rings is 2. The first-order valence-corrected chi connectivity index (χ1v) is 5.20. The summed E-state index contributed by atoms with van der Waals surface area (Å²) in [4.78, 5) is 10.6. The lowest BCUT2D eigenvalue weighted by molar-refractivity contribution is 0.112. The van der Waals surface area contributed by atoms with E-state index in [-0.39, 0.29) is 5.82 Å². The van der Waals surface area contributed by atoms with Crippen LogP contribution in [-0.2, 0) is 6.61 Å². The number of carbonyl (C=O) groups is 1. The summed E-state index contributed by atoms with van der Waals surface area (Å²) in [5.74, 6) is 0.309.